The summed E-state index contributed by atoms with van der Waals surface area (Å²) in [7, 11) is 1.74. The third kappa shape index (κ3) is 6.49. The highest BCUT2D eigenvalue weighted by atomic mass is 16.5. The summed E-state index contributed by atoms with van der Waals surface area (Å²) in [6, 6.07) is 7.16. The van der Waals surface area contributed by atoms with E-state index in [0.717, 1.165) is 17.9 Å². The van der Waals surface area contributed by atoms with Crippen LogP contribution in [0.2, 0.25) is 0 Å². The maximum absolute atomic E-state index is 11.6. The number of carbonyl (C=O) groups is 1. The second kappa shape index (κ2) is 10.0. The van der Waals surface area contributed by atoms with Gasteiger partial charge in [0.15, 0.2) is 0 Å². The Bertz CT molecular complexity index is 405. The molecule has 0 bridgehead atoms. The molecule has 0 aliphatic heterocycles. The third-order valence-corrected chi connectivity index (χ3v) is 2.89. The highest BCUT2D eigenvalue weighted by Gasteiger charge is 2.17. The molecule has 5 heteroatoms. The molecule has 0 saturated heterocycles. The van der Waals surface area contributed by atoms with E-state index in [4.69, 9.17) is 14.2 Å². The van der Waals surface area contributed by atoms with Gasteiger partial charge in [-0.2, -0.15) is 0 Å². The number of hydrogen-bond donors (Lipinski definition) is 1. The first-order chi connectivity index (χ1) is 10.2. The molecule has 1 rings (SSSR count). The number of benzene rings is 1. The van der Waals surface area contributed by atoms with E-state index in [2.05, 4.69) is 12.2 Å². The summed E-state index contributed by atoms with van der Waals surface area (Å²) in [5.41, 5.74) is 0. The molecule has 0 aliphatic rings. The number of hydrogen-bond acceptors (Lipinski definition) is 5. The van der Waals surface area contributed by atoms with Crippen LogP contribution in [0.25, 0.3) is 0 Å². The SMILES string of the molecule is CCCOc1ccc(OCCC(NC)C(=O)OCC)cc1. The van der Waals surface area contributed by atoms with Gasteiger partial charge >= 0.3 is 5.97 Å². The molecule has 0 aliphatic carbocycles. The van der Waals surface area contributed by atoms with Crippen molar-refractivity contribution in [3.8, 4) is 11.5 Å². The lowest BCUT2D eigenvalue weighted by Gasteiger charge is -2.15. The Labute approximate surface area is 126 Å². The summed E-state index contributed by atoms with van der Waals surface area (Å²) >= 11 is 0. The molecule has 118 valence electrons. The Morgan fingerprint density at radius 3 is 2.14 bits per heavy atom. The van der Waals surface area contributed by atoms with Gasteiger partial charge in [0.1, 0.15) is 17.5 Å². The van der Waals surface area contributed by atoms with Gasteiger partial charge in [0, 0.05) is 6.42 Å². The molecule has 21 heavy (non-hydrogen) atoms. The Morgan fingerprint density at radius 1 is 1.10 bits per heavy atom. The van der Waals surface area contributed by atoms with Crippen LogP contribution < -0.4 is 14.8 Å². The highest BCUT2D eigenvalue weighted by molar-refractivity contribution is 5.75. The minimum atomic E-state index is -0.336. The van der Waals surface area contributed by atoms with Crippen LogP contribution in [0.4, 0.5) is 0 Å². The van der Waals surface area contributed by atoms with E-state index in [0.29, 0.717) is 26.2 Å². The van der Waals surface area contributed by atoms with Crippen LogP contribution in [0.3, 0.4) is 0 Å². The van der Waals surface area contributed by atoms with Crippen LogP contribution in [-0.4, -0.2) is 38.9 Å². The molecule has 1 aromatic rings. The third-order valence-electron chi connectivity index (χ3n) is 2.89. The summed E-state index contributed by atoms with van der Waals surface area (Å²) in [5.74, 6) is 1.35. The first-order valence-electron chi connectivity index (χ1n) is 7.40. The summed E-state index contributed by atoms with van der Waals surface area (Å²) in [4.78, 5) is 11.6. The van der Waals surface area contributed by atoms with E-state index >= 15 is 0 Å². The second-order valence-corrected chi connectivity index (χ2v) is 4.55. The molecule has 5 nitrogen and oxygen atoms in total. The van der Waals surface area contributed by atoms with Crippen LogP contribution in [-0.2, 0) is 9.53 Å². The van der Waals surface area contributed by atoms with Crippen LogP contribution in [0.15, 0.2) is 24.3 Å². The van der Waals surface area contributed by atoms with Crippen molar-refractivity contribution in [2.45, 2.75) is 32.7 Å². The smallest absolute Gasteiger partial charge is 0.323 e. The van der Waals surface area contributed by atoms with Gasteiger partial charge in [-0.3, -0.25) is 4.79 Å². The van der Waals surface area contributed by atoms with E-state index < -0.39 is 0 Å². The monoisotopic (exact) mass is 295 g/mol. The number of esters is 1. The van der Waals surface area contributed by atoms with Crippen molar-refractivity contribution in [2.75, 3.05) is 26.9 Å². The number of carbonyl (C=O) groups excluding carboxylic acids is 1. The van der Waals surface area contributed by atoms with Gasteiger partial charge in [0.2, 0.25) is 0 Å². The number of rotatable bonds is 10. The Hall–Kier alpha value is -1.75. The quantitative estimate of drug-likeness (QED) is 0.672. The predicted octanol–water partition coefficient (Wildman–Crippen LogP) is 2.40. The fourth-order valence-corrected chi connectivity index (χ4v) is 1.77. The Balaban J connectivity index is 2.35. The number of nitrogens with one attached hydrogen (secondary N) is 1. The zero-order valence-electron chi connectivity index (χ0n) is 13.1. The maximum Gasteiger partial charge on any atom is 0.323 e. The highest BCUT2D eigenvalue weighted by Crippen LogP contribution is 2.18. The maximum atomic E-state index is 11.6. The minimum Gasteiger partial charge on any atom is -0.494 e. The van der Waals surface area contributed by atoms with Crippen molar-refractivity contribution in [2.24, 2.45) is 0 Å². The molecule has 1 atom stereocenters. The topological polar surface area (TPSA) is 56.8 Å². The summed E-state index contributed by atoms with van der Waals surface area (Å²) in [6.07, 6.45) is 1.54. The van der Waals surface area contributed by atoms with Crippen LogP contribution >= 0.6 is 0 Å². The van der Waals surface area contributed by atoms with E-state index in [1.807, 2.05) is 24.3 Å². The summed E-state index contributed by atoms with van der Waals surface area (Å²) in [5, 5.41) is 2.93. The fourth-order valence-electron chi connectivity index (χ4n) is 1.77. The lowest BCUT2D eigenvalue weighted by atomic mass is 10.2. The van der Waals surface area contributed by atoms with E-state index in [9.17, 15) is 4.79 Å². The van der Waals surface area contributed by atoms with Crippen molar-refractivity contribution < 1.29 is 19.0 Å². The molecule has 1 aromatic carbocycles. The van der Waals surface area contributed by atoms with Crippen molar-refractivity contribution in [1.29, 1.82) is 0 Å². The van der Waals surface area contributed by atoms with E-state index in [1.54, 1.807) is 14.0 Å². The average molecular weight is 295 g/mol. The fraction of sp³-hybridized carbons (Fsp3) is 0.562. The van der Waals surface area contributed by atoms with Crippen molar-refractivity contribution in [1.82, 2.24) is 5.32 Å². The van der Waals surface area contributed by atoms with Crippen LogP contribution in [0.1, 0.15) is 26.7 Å². The first-order valence-corrected chi connectivity index (χ1v) is 7.40. The molecule has 0 saturated carbocycles. The van der Waals surface area contributed by atoms with Gasteiger partial charge < -0.3 is 19.5 Å². The summed E-state index contributed by atoms with van der Waals surface area (Å²) in [6.45, 7) is 5.41. The zero-order chi connectivity index (χ0) is 15.5. The van der Waals surface area contributed by atoms with Crippen LogP contribution in [0, 0.1) is 0 Å². The molecule has 1 N–H and O–H groups in total. The van der Waals surface area contributed by atoms with Crippen molar-refractivity contribution in [3.05, 3.63) is 24.3 Å². The summed E-state index contributed by atoms with van der Waals surface area (Å²) < 4.78 is 16.1. The molecule has 0 amide bonds. The van der Waals surface area contributed by atoms with Gasteiger partial charge in [-0.05, 0) is 44.7 Å². The van der Waals surface area contributed by atoms with Gasteiger partial charge in [0.25, 0.3) is 0 Å². The van der Waals surface area contributed by atoms with E-state index in [1.165, 1.54) is 0 Å². The van der Waals surface area contributed by atoms with Crippen molar-refractivity contribution >= 4 is 5.97 Å². The van der Waals surface area contributed by atoms with Gasteiger partial charge in [-0.15, -0.1) is 0 Å². The molecule has 0 spiro atoms. The molecular formula is C16H25NO4. The van der Waals surface area contributed by atoms with Crippen LogP contribution in [0.5, 0.6) is 11.5 Å². The molecule has 0 radical (unpaired) electrons. The zero-order valence-corrected chi connectivity index (χ0v) is 13.1. The largest absolute Gasteiger partial charge is 0.494 e. The van der Waals surface area contributed by atoms with Gasteiger partial charge in [0.05, 0.1) is 19.8 Å². The average Bonchev–Trinajstić information content (AvgIpc) is 2.51. The van der Waals surface area contributed by atoms with Gasteiger partial charge in [-0.1, -0.05) is 6.92 Å². The molecule has 1 unspecified atom stereocenters. The minimum absolute atomic E-state index is 0.244. The predicted molar refractivity (Wildman–Crippen MR) is 81.8 cm³/mol. The lowest BCUT2D eigenvalue weighted by Crippen LogP contribution is -2.36. The standard InChI is InChI=1S/C16H25NO4/c1-4-11-20-13-6-8-14(9-7-13)21-12-10-15(17-3)16(18)19-5-2/h6-9,15,17H,4-5,10-12H2,1-3H3. The first kappa shape index (κ1) is 17.3. The number of likely N-dealkylation sites (N-methyl/N-ethyl adjacent to an activating group) is 1. The van der Waals surface area contributed by atoms with E-state index in [-0.39, 0.29) is 12.0 Å². The lowest BCUT2D eigenvalue weighted by molar-refractivity contribution is -0.145. The molecule has 0 fully saturated rings. The Kier molecular flexibility index (Phi) is 8.28. The van der Waals surface area contributed by atoms with Crippen molar-refractivity contribution in [3.63, 3.8) is 0 Å². The normalized spacial score (nSPS) is 11.8. The Morgan fingerprint density at radius 2 is 1.67 bits per heavy atom. The van der Waals surface area contributed by atoms with Gasteiger partial charge in [-0.25, -0.2) is 0 Å². The molecular weight excluding hydrogens is 270 g/mol. The molecule has 0 heterocycles. The second-order valence-electron chi connectivity index (χ2n) is 4.55. The molecule has 0 aromatic heterocycles. The number of ether oxygens (including phenoxy) is 3.